The molecule has 0 bridgehead atoms. The lowest BCUT2D eigenvalue weighted by Gasteiger charge is -2.26. The van der Waals surface area contributed by atoms with Gasteiger partial charge in [-0.2, -0.15) is 0 Å². The van der Waals surface area contributed by atoms with Crippen molar-refractivity contribution in [3.8, 4) is 0 Å². The molecule has 0 aliphatic rings. The summed E-state index contributed by atoms with van der Waals surface area (Å²) < 4.78 is 28.4. The van der Waals surface area contributed by atoms with Crippen molar-refractivity contribution in [3.05, 3.63) is 65.9 Å². The van der Waals surface area contributed by atoms with Gasteiger partial charge in [-0.3, -0.25) is 4.79 Å². The standard InChI is InChI=1S/C26H34N2O3S/c1-19(2)14-28(15-20(3)4)26(29)17-27-16-25(23-8-6-7-9-24(23)27)32(30,31)18-22-12-10-21(5)11-13-22/h6-13,16,19-20H,14-15,17-18H2,1-5H3. The van der Waals surface area contributed by atoms with Gasteiger partial charge in [-0.15, -0.1) is 0 Å². The number of para-hydroxylation sites is 1. The maximum absolute atomic E-state index is 13.3. The van der Waals surface area contributed by atoms with Crippen LogP contribution in [0.25, 0.3) is 10.9 Å². The van der Waals surface area contributed by atoms with Crippen LogP contribution in [-0.4, -0.2) is 36.9 Å². The van der Waals surface area contributed by atoms with Crippen molar-refractivity contribution in [2.45, 2.75) is 51.8 Å². The second-order valence-electron chi connectivity index (χ2n) is 9.47. The molecule has 5 nitrogen and oxygen atoms in total. The van der Waals surface area contributed by atoms with Crippen LogP contribution in [-0.2, 0) is 26.9 Å². The van der Waals surface area contributed by atoms with E-state index >= 15 is 0 Å². The number of sulfone groups is 1. The fourth-order valence-corrected chi connectivity index (χ4v) is 5.56. The third kappa shape index (κ3) is 5.80. The summed E-state index contributed by atoms with van der Waals surface area (Å²) >= 11 is 0. The van der Waals surface area contributed by atoms with E-state index in [1.165, 1.54) is 0 Å². The van der Waals surface area contributed by atoms with Crippen molar-refractivity contribution < 1.29 is 13.2 Å². The topological polar surface area (TPSA) is 59.4 Å². The maximum atomic E-state index is 13.3. The second kappa shape index (κ2) is 9.90. The minimum atomic E-state index is -3.57. The fraction of sp³-hybridized carbons (Fsp3) is 0.423. The van der Waals surface area contributed by atoms with E-state index in [4.69, 9.17) is 0 Å². The van der Waals surface area contributed by atoms with Crippen LogP contribution >= 0.6 is 0 Å². The van der Waals surface area contributed by atoms with Crippen LogP contribution in [0.4, 0.5) is 0 Å². The van der Waals surface area contributed by atoms with E-state index in [0.29, 0.717) is 30.3 Å². The summed E-state index contributed by atoms with van der Waals surface area (Å²) in [5, 5.41) is 0.659. The Kier molecular flexibility index (Phi) is 7.44. The van der Waals surface area contributed by atoms with Crippen molar-refractivity contribution >= 4 is 26.6 Å². The highest BCUT2D eigenvalue weighted by molar-refractivity contribution is 7.90. The maximum Gasteiger partial charge on any atom is 0.242 e. The number of fused-ring (bicyclic) bond motifs is 1. The molecule has 1 amide bonds. The van der Waals surface area contributed by atoms with E-state index < -0.39 is 9.84 Å². The molecule has 0 saturated carbocycles. The quantitative estimate of drug-likeness (QED) is 0.454. The normalized spacial score (nSPS) is 12.1. The SMILES string of the molecule is Cc1ccc(CS(=O)(=O)c2cn(CC(=O)N(CC(C)C)CC(C)C)c3ccccc23)cc1. The number of carbonyl (C=O) groups is 1. The molecule has 32 heavy (non-hydrogen) atoms. The van der Waals surface area contributed by atoms with Gasteiger partial charge in [0.15, 0.2) is 9.84 Å². The van der Waals surface area contributed by atoms with Gasteiger partial charge in [0.1, 0.15) is 6.54 Å². The van der Waals surface area contributed by atoms with Crippen molar-refractivity contribution in [3.63, 3.8) is 0 Å². The Hall–Kier alpha value is -2.60. The number of hydrogen-bond donors (Lipinski definition) is 0. The molecule has 2 aromatic carbocycles. The third-order valence-corrected chi connectivity index (χ3v) is 7.10. The van der Waals surface area contributed by atoms with Gasteiger partial charge in [-0.1, -0.05) is 75.7 Å². The number of nitrogens with zero attached hydrogens (tertiary/aromatic N) is 2. The Bertz CT molecular complexity index is 1170. The van der Waals surface area contributed by atoms with Crippen LogP contribution in [0.3, 0.4) is 0 Å². The first-order chi connectivity index (χ1) is 15.1. The molecule has 172 valence electrons. The van der Waals surface area contributed by atoms with Gasteiger partial charge in [0.05, 0.1) is 10.6 Å². The molecule has 0 unspecified atom stereocenters. The van der Waals surface area contributed by atoms with Gasteiger partial charge < -0.3 is 9.47 Å². The summed E-state index contributed by atoms with van der Waals surface area (Å²) in [6.45, 7) is 11.9. The first-order valence-electron chi connectivity index (χ1n) is 11.2. The summed E-state index contributed by atoms with van der Waals surface area (Å²) in [6.07, 6.45) is 1.63. The summed E-state index contributed by atoms with van der Waals surface area (Å²) in [5.41, 5.74) is 2.61. The van der Waals surface area contributed by atoms with E-state index in [9.17, 15) is 13.2 Å². The van der Waals surface area contributed by atoms with Crippen molar-refractivity contribution in [2.75, 3.05) is 13.1 Å². The average molecular weight is 455 g/mol. The van der Waals surface area contributed by atoms with Gasteiger partial charge >= 0.3 is 0 Å². The molecular formula is C26H34N2O3S. The Balaban J connectivity index is 1.94. The first kappa shape index (κ1) is 24.1. The van der Waals surface area contributed by atoms with Crippen LogP contribution in [0.2, 0.25) is 0 Å². The Labute approximate surface area is 192 Å². The first-order valence-corrected chi connectivity index (χ1v) is 12.9. The van der Waals surface area contributed by atoms with E-state index in [2.05, 4.69) is 27.7 Å². The van der Waals surface area contributed by atoms with Crippen LogP contribution < -0.4 is 0 Å². The predicted octanol–water partition coefficient (Wildman–Crippen LogP) is 5.06. The zero-order valence-corrected chi connectivity index (χ0v) is 20.5. The molecular weight excluding hydrogens is 420 g/mol. The van der Waals surface area contributed by atoms with Crippen molar-refractivity contribution in [1.29, 1.82) is 0 Å². The van der Waals surface area contributed by atoms with E-state index in [0.717, 1.165) is 16.6 Å². The molecule has 6 heteroatoms. The van der Waals surface area contributed by atoms with Gasteiger partial charge in [-0.25, -0.2) is 8.42 Å². The van der Waals surface area contributed by atoms with Gasteiger partial charge in [-0.05, 0) is 30.4 Å². The number of benzene rings is 2. The summed E-state index contributed by atoms with van der Waals surface area (Å²) in [5.74, 6) is 0.673. The number of aryl methyl sites for hydroxylation is 1. The second-order valence-corrected chi connectivity index (χ2v) is 11.4. The Morgan fingerprint density at radius 3 is 2.12 bits per heavy atom. The molecule has 3 rings (SSSR count). The lowest BCUT2D eigenvalue weighted by atomic mass is 10.1. The molecule has 0 radical (unpaired) electrons. The van der Waals surface area contributed by atoms with Gasteiger partial charge in [0.2, 0.25) is 5.91 Å². The molecule has 0 fully saturated rings. The highest BCUT2D eigenvalue weighted by atomic mass is 32.2. The molecule has 1 aromatic heterocycles. The zero-order valence-electron chi connectivity index (χ0n) is 19.7. The monoisotopic (exact) mass is 454 g/mol. The van der Waals surface area contributed by atoms with Gasteiger partial charge in [0, 0.05) is 30.2 Å². The smallest absolute Gasteiger partial charge is 0.242 e. The van der Waals surface area contributed by atoms with E-state index in [1.54, 1.807) is 10.8 Å². The molecule has 0 atom stereocenters. The van der Waals surface area contributed by atoms with E-state index in [1.807, 2.05) is 60.4 Å². The number of amides is 1. The minimum Gasteiger partial charge on any atom is -0.341 e. The lowest BCUT2D eigenvalue weighted by molar-refractivity contribution is -0.132. The summed E-state index contributed by atoms with van der Waals surface area (Å²) in [6, 6.07) is 15.0. The summed E-state index contributed by atoms with van der Waals surface area (Å²) in [4.78, 5) is 15.3. The zero-order chi connectivity index (χ0) is 23.5. The molecule has 0 saturated heterocycles. The number of hydrogen-bond acceptors (Lipinski definition) is 3. The average Bonchev–Trinajstić information content (AvgIpc) is 3.08. The molecule has 0 aliphatic heterocycles. The number of carbonyl (C=O) groups excluding carboxylic acids is 1. The molecule has 0 aliphatic carbocycles. The van der Waals surface area contributed by atoms with E-state index in [-0.39, 0.29) is 23.1 Å². The van der Waals surface area contributed by atoms with Crippen LogP contribution in [0.1, 0.15) is 38.8 Å². The number of aromatic nitrogens is 1. The molecule has 0 spiro atoms. The largest absolute Gasteiger partial charge is 0.341 e. The molecule has 1 heterocycles. The van der Waals surface area contributed by atoms with Crippen LogP contribution in [0.15, 0.2) is 59.6 Å². The van der Waals surface area contributed by atoms with Crippen LogP contribution in [0, 0.1) is 18.8 Å². The predicted molar refractivity (Wildman–Crippen MR) is 130 cm³/mol. The van der Waals surface area contributed by atoms with Crippen LogP contribution in [0.5, 0.6) is 0 Å². The summed E-state index contributed by atoms with van der Waals surface area (Å²) in [7, 11) is -3.57. The minimum absolute atomic E-state index is 0.00985. The Morgan fingerprint density at radius 1 is 0.938 bits per heavy atom. The highest BCUT2D eigenvalue weighted by Crippen LogP contribution is 2.28. The van der Waals surface area contributed by atoms with Crippen molar-refractivity contribution in [2.24, 2.45) is 11.8 Å². The number of rotatable bonds is 9. The van der Waals surface area contributed by atoms with Crippen molar-refractivity contribution in [1.82, 2.24) is 9.47 Å². The molecule has 3 aromatic rings. The lowest BCUT2D eigenvalue weighted by Crippen LogP contribution is -2.38. The Morgan fingerprint density at radius 2 is 1.53 bits per heavy atom. The fourth-order valence-electron chi connectivity index (χ4n) is 3.98. The van der Waals surface area contributed by atoms with Gasteiger partial charge in [0.25, 0.3) is 0 Å². The highest BCUT2D eigenvalue weighted by Gasteiger charge is 2.24. The third-order valence-electron chi connectivity index (χ3n) is 5.39. The molecule has 0 N–H and O–H groups in total.